The average Bonchev–Trinajstić information content (AvgIpc) is 1.70. The maximum absolute atomic E-state index is 12.8. The summed E-state index contributed by atoms with van der Waals surface area (Å²) in [6.07, 6.45) is 4.30. The van der Waals surface area contributed by atoms with Crippen LogP contribution in [0.3, 0.4) is 0 Å². The number of hydrogen-bond acceptors (Lipinski definition) is 16. The SMILES string of the molecule is CC(C)c1ccc(N2C(=O)CC[C@H]2C(=O)Nc2cc(C(C)(C)C)no2)cc1.CCc1ccc(N2C(=O)CC[C@H]2C(=O)Nc2cc(C(C)(C)C)no2)cc1.Cc1ccc(N2C(=O)CC[C@H]2C(=O)Nc2cc(C(C)(C)C)no2)cc1.Cc1ccc(N2C(=O)CC[C@H]2C(=O)Nc2cc(C(C)(C)C)on2)cc1. The van der Waals surface area contributed by atoms with Gasteiger partial charge in [0.15, 0.2) is 5.82 Å². The lowest BCUT2D eigenvalue weighted by Gasteiger charge is -2.24. The molecule has 8 amide bonds. The summed E-state index contributed by atoms with van der Waals surface area (Å²) >= 11 is 0. The third-order valence-corrected chi connectivity index (χ3v) is 18.2. The van der Waals surface area contributed by atoms with Gasteiger partial charge in [-0.25, -0.2) is 0 Å². The summed E-state index contributed by atoms with van der Waals surface area (Å²) in [6.45, 7) is 34.5. The number of benzene rings is 4. The number of rotatable bonds is 14. The third kappa shape index (κ3) is 19.2. The molecule has 0 unspecified atom stereocenters. The standard InChI is InChI=1S/C21H27N3O3.C20H25N3O3.2C19H23N3O3/c1-13(2)14-6-8-15(9-7-14)24-16(10-11-19(24)25)20(26)22-18-12-17(23-27-18)21(3,4)5;1-5-13-6-8-14(9-7-13)23-15(10-11-18(23)24)19(25)21-17-12-16(22-26-17)20(2,3)4;1-12-5-7-13(8-6-12)22-14(9-10-17(22)23)18(24)20-16-11-15(25-21-16)19(2,3)4;1-12-5-7-13(8-6-12)22-14(9-10-17(22)23)18(24)20-16-11-15(21-25-16)19(2,3)4/h6-9,12-13,16H,10-11H2,1-5H3,(H,22,26);6-9,12,15H,5,10-11H2,1-4H3,(H,21,25);5-8,11,14H,9-10H2,1-4H3,(H,20,21,24);5-8,11,14H,9-10H2,1-4H3,(H,20,24)/t16-;15-;2*14-/m0000/s1. The average molecular weight is 1410 g/mol. The van der Waals surface area contributed by atoms with Crippen molar-refractivity contribution in [2.45, 2.75) is 227 Å². The van der Waals surface area contributed by atoms with Crippen LogP contribution in [0, 0.1) is 13.8 Å². The predicted octanol–water partition coefficient (Wildman–Crippen LogP) is 14.7. The largest absolute Gasteiger partial charge is 0.359 e. The zero-order valence-electron chi connectivity index (χ0n) is 62.3. The highest BCUT2D eigenvalue weighted by Gasteiger charge is 2.42. The number of aryl methyl sites for hydroxylation is 3. The van der Waals surface area contributed by atoms with Crippen molar-refractivity contribution in [2.24, 2.45) is 0 Å². The molecule has 0 aliphatic carbocycles. The monoisotopic (exact) mass is 1410 g/mol. The normalized spacial score (nSPS) is 17.7. The van der Waals surface area contributed by atoms with Crippen molar-refractivity contribution in [2.75, 3.05) is 40.9 Å². The van der Waals surface area contributed by atoms with Crippen LogP contribution in [0.2, 0.25) is 0 Å². The number of carbonyl (C=O) groups excluding carboxylic acids is 8. The van der Waals surface area contributed by atoms with Crippen LogP contribution in [0.5, 0.6) is 0 Å². The molecule has 4 aliphatic rings. The Morgan fingerprint density at radius 3 is 0.961 bits per heavy atom. The molecule has 4 saturated heterocycles. The number of hydrogen-bond donors (Lipinski definition) is 4. The maximum atomic E-state index is 12.8. The van der Waals surface area contributed by atoms with E-state index in [1.165, 1.54) is 11.1 Å². The molecule has 4 aromatic heterocycles. The molecular formula is C79H98N12O12. The van der Waals surface area contributed by atoms with E-state index in [2.05, 4.69) is 62.7 Å². The lowest BCUT2D eigenvalue weighted by atomic mass is 9.92. The number of carbonyl (C=O) groups is 8. The molecule has 0 radical (unpaired) electrons. The van der Waals surface area contributed by atoms with E-state index in [0.29, 0.717) is 86.5 Å². The van der Waals surface area contributed by atoms with Gasteiger partial charge in [0.25, 0.3) is 0 Å². The van der Waals surface area contributed by atoms with Crippen molar-refractivity contribution in [3.8, 4) is 0 Å². The van der Waals surface area contributed by atoms with Crippen molar-refractivity contribution in [1.29, 1.82) is 0 Å². The first-order chi connectivity index (χ1) is 48.5. The molecule has 8 aromatic rings. The Morgan fingerprint density at radius 1 is 0.408 bits per heavy atom. The lowest BCUT2D eigenvalue weighted by molar-refractivity contribution is -0.120. The van der Waals surface area contributed by atoms with E-state index in [-0.39, 0.29) is 68.9 Å². The Bertz CT molecular complexity index is 4170. The van der Waals surface area contributed by atoms with Gasteiger partial charge in [0.1, 0.15) is 29.9 Å². The summed E-state index contributed by atoms with van der Waals surface area (Å²) < 4.78 is 21.0. The van der Waals surface area contributed by atoms with Crippen LogP contribution in [-0.4, -0.2) is 92.1 Å². The molecule has 0 saturated carbocycles. The number of amides is 8. The van der Waals surface area contributed by atoms with Gasteiger partial charge in [-0.05, 0) is 112 Å². The van der Waals surface area contributed by atoms with Crippen molar-refractivity contribution in [3.63, 3.8) is 0 Å². The number of aromatic nitrogens is 4. The van der Waals surface area contributed by atoms with E-state index in [1.54, 1.807) is 43.9 Å². The molecule has 4 fully saturated rings. The predicted molar refractivity (Wildman–Crippen MR) is 396 cm³/mol. The van der Waals surface area contributed by atoms with Gasteiger partial charge in [0, 0.05) is 94.4 Å². The summed E-state index contributed by atoms with van der Waals surface area (Å²) in [6, 6.07) is 35.5. The molecule has 4 aliphatic heterocycles. The van der Waals surface area contributed by atoms with Crippen molar-refractivity contribution >= 4 is 93.5 Å². The van der Waals surface area contributed by atoms with Crippen LogP contribution in [-0.2, 0) is 66.4 Å². The smallest absolute Gasteiger partial charge is 0.249 e. The Morgan fingerprint density at radius 2 is 0.699 bits per heavy atom. The van der Waals surface area contributed by atoms with Gasteiger partial charge in [0.2, 0.25) is 64.9 Å². The van der Waals surface area contributed by atoms with Crippen LogP contribution in [0.15, 0.2) is 139 Å². The van der Waals surface area contributed by atoms with E-state index in [9.17, 15) is 38.4 Å². The van der Waals surface area contributed by atoms with Crippen molar-refractivity contribution in [1.82, 2.24) is 20.6 Å². The van der Waals surface area contributed by atoms with Crippen LogP contribution in [0.25, 0.3) is 0 Å². The van der Waals surface area contributed by atoms with E-state index >= 15 is 0 Å². The summed E-state index contributed by atoms with van der Waals surface area (Å²) in [4.78, 5) is 106. The van der Waals surface area contributed by atoms with Gasteiger partial charge in [-0.2, -0.15) is 0 Å². The fourth-order valence-corrected chi connectivity index (χ4v) is 11.9. The number of nitrogens with zero attached hydrogens (tertiary/aromatic N) is 8. The molecule has 0 spiro atoms. The highest BCUT2D eigenvalue weighted by atomic mass is 16.5. The molecule has 546 valence electrons. The summed E-state index contributed by atoms with van der Waals surface area (Å²) in [7, 11) is 0. The van der Waals surface area contributed by atoms with E-state index in [1.807, 2.05) is 194 Å². The molecule has 12 rings (SSSR count). The first kappa shape index (κ1) is 76.7. The van der Waals surface area contributed by atoms with Gasteiger partial charge >= 0.3 is 0 Å². The van der Waals surface area contributed by atoms with Gasteiger partial charge in [-0.3, -0.25) is 73.9 Å². The third-order valence-electron chi connectivity index (χ3n) is 18.2. The molecule has 8 heterocycles. The van der Waals surface area contributed by atoms with Gasteiger partial charge in [-0.15, -0.1) is 0 Å². The van der Waals surface area contributed by atoms with E-state index in [0.717, 1.165) is 57.4 Å². The summed E-state index contributed by atoms with van der Waals surface area (Å²) in [5.74, 6) is 1.20. The van der Waals surface area contributed by atoms with Gasteiger partial charge < -0.3 is 23.4 Å². The van der Waals surface area contributed by atoms with E-state index in [4.69, 9.17) is 18.1 Å². The zero-order chi connectivity index (χ0) is 75.0. The Balaban J connectivity index is 0.000000160. The molecule has 0 bridgehead atoms. The van der Waals surface area contributed by atoms with Crippen LogP contribution < -0.4 is 40.9 Å². The minimum atomic E-state index is -0.550. The highest BCUT2D eigenvalue weighted by Crippen LogP contribution is 2.35. The quantitative estimate of drug-likeness (QED) is 0.0786. The molecule has 4 atom stereocenters. The van der Waals surface area contributed by atoms with Gasteiger partial charge in [-0.1, -0.05) is 184 Å². The highest BCUT2D eigenvalue weighted by molar-refractivity contribution is 6.10. The maximum Gasteiger partial charge on any atom is 0.249 e. The topological polar surface area (TPSA) is 302 Å². The molecular weight excluding hydrogens is 1310 g/mol. The minimum absolute atomic E-state index is 0.0395. The fraction of sp³-hybridized carbons (Fsp3) is 0.443. The Labute approximate surface area is 602 Å². The molecule has 103 heavy (non-hydrogen) atoms. The molecule has 4 aromatic carbocycles. The second kappa shape index (κ2) is 31.8. The second-order valence-electron chi connectivity index (χ2n) is 31.0. The first-order valence-electron chi connectivity index (χ1n) is 35.2. The van der Waals surface area contributed by atoms with Crippen LogP contribution in [0.4, 0.5) is 46.2 Å². The van der Waals surface area contributed by atoms with Crippen LogP contribution in [0.1, 0.15) is 206 Å². The minimum Gasteiger partial charge on any atom is -0.359 e. The number of anilines is 8. The zero-order valence-corrected chi connectivity index (χ0v) is 62.3. The van der Waals surface area contributed by atoms with Crippen molar-refractivity contribution < 1.29 is 56.4 Å². The van der Waals surface area contributed by atoms with Crippen LogP contribution >= 0.6 is 0 Å². The number of nitrogens with one attached hydrogen (secondary N) is 4. The first-order valence-corrected chi connectivity index (χ1v) is 35.2. The van der Waals surface area contributed by atoms with Gasteiger partial charge in [0.05, 0.1) is 17.1 Å². The molecule has 24 nitrogen and oxygen atoms in total. The molecule has 4 N–H and O–H groups in total. The Kier molecular flexibility index (Phi) is 23.7. The van der Waals surface area contributed by atoms with E-state index < -0.39 is 24.2 Å². The van der Waals surface area contributed by atoms with Crippen molar-refractivity contribution in [3.05, 3.63) is 166 Å². The lowest BCUT2D eigenvalue weighted by Crippen LogP contribution is -2.41. The second-order valence-corrected chi connectivity index (χ2v) is 31.0. The molecule has 24 heteroatoms. The summed E-state index contributed by atoms with van der Waals surface area (Å²) in [5.41, 5.74) is 9.18. The summed E-state index contributed by atoms with van der Waals surface area (Å²) in [5, 5.41) is 27.0. The Hall–Kier alpha value is -10.5. The fourth-order valence-electron chi connectivity index (χ4n) is 11.9.